The van der Waals surface area contributed by atoms with E-state index in [1.54, 1.807) is 6.26 Å². The Hall–Kier alpha value is -2.27. The van der Waals surface area contributed by atoms with E-state index in [-0.39, 0.29) is 17.7 Å². The average molecular weight is 355 g/mol. The summed E-state index contributed by atoms with van der Waals surface area (Å²) in [7, 11) is 0. The van der Waals surface area contributed by atoms with Crippen LogP contribution in [0.5, 0.6) is 0 Å². The lowest BCUT2D eigenvalue weighted by molar-refractivity contribution is -0.137. The second kappa shape index (κ2) is 7.31. The number of amides is 2. The van der Waals surface area contributed by atoms with Gasteiger partial charge >= 0.3 is 0 Å². The summed E-state index contributed by atoms with van der Waals surface area (Å²) in [5.41, 5.74) is 2.41. The molecule has 0 atom stereocenters. The van der Waals surface area contributed by atoms with Crippen LogP contribution in [-0.2, 0) is 15.3 Å². The fourth-order valence-electron chi connectivity index (χ4n) is 2.73. The minimum Gasteiger partial charge on any atom is -0.468 e. The van der Waals surface area contributed by atoms with Crippen molar-refractivity contribution < 1.29 is 14.0 Å². The van der Waals surface area contributed by atoms with Crippen molar-refractivity contribution >= 4 is 29.1 Å². The Kier molecular flexibility index (Phi) is 5.13. The van der Waals surface area contributed by atoms with Crippen LogP contribution < -0.4 is 0 Å². The minimum atomic E-state index is -0.204. The number of rotatable bonds is 6. The van der Waals surface area contributed by atoms with E-state index in [0.717, 1.165) is 16.9 Å². The van der Waals surface area contributed by atoms with Crippen molar-refractivity contribution in [2.24, 2.45) is 5.92 Å². The monoisotopic (exact) mass is 355 g/mol. The van der Waals surface area contributed by atoms with Crippen molar-refractivity contribution in [3.8, 4) is 0 Å². The van der Waals surface area contributed by atoms with Gasteiger partial charge in [0.1, 0.15) is 5.76 Å². The Bertz CT molecular complexity index is 804. The highest BCUT2D eigenvalue weighted by Gasteiger charge is 2.39. The van der Waals surface area contributed by atoms with Crippen LogP contribution in [0.25, 0.3) is 5.57 Å². The van der Waals surface area contributed by atoms with Crippen molar-refractivity contribution in [2.75, 3.05) is 6.54 Å². The molecule has 0 saturated carbocycles. The van der Waals surface area contributed by atoms with Crippen molar-refractivity contribution in [1.82, 2.24) is 4.90 Å². The molecule has 0 radical (unpaired) electrons. The van der Waals surface area contributed by atoms with Gasteiger partial charge in [-0.2, -0.15) is 0 Å². The van der Waals surface area contributed by atoms with Crippen molar-refractivity contribution in [1.29, 1.82) is 0 Å². The first-order chi connectivity index (χ1) is 12.0. The van der Waals surface area contributed by atoms with Gasteiger partial charge in [0.2, 0.25) is 0 Å². The third-order valence-electron chi connectivity index (χ3n) is 3.95. The molecule has 25 heavy (non-hydrogen) atoms. The molecule has 0 aliphatic carbocycles. The minimum absolute atomic E-state index is 0.203. The molecular weight excluding hydrogens is 334 g/mol. The maximum atomic E-state index is 12.9. The van der Waals surface area contributed by atoms with Gasteiger partial charge in [-0.3, -0.25) is 14.5 Å². The molecule has 4 nitrogen and oxygen atoms in total. The largest absolute Gasteiger partial charge is 0.468 e. The molecule has 2 heterocycles. The third-order valence-corrected chi connectivity index (χ3v) is 5.05. The van der Waals surface area contributed by atoms with E-state index < -0.39 is 0 Å². The molecule has 2 aromatic rings. The van der Waals surface area contributed by atoms with Crippen LogP contribution >= 0.6 is 11.8 Å². The molecule has 130 valence electrons. The predicted octanol–water partition coefficient (Wildman–Crippen LogP) is 4.26. The van der Waals surface area contributed by atoms with E-state index in [0.29, 0.717) is 22.8 Å². The van der Waals surface area contributed by atoms with Gasteiger partial charge < -0.3 is 4.42 Å². The summed E-state index contributed by atoms with van der Waals surface area (Å²) in [5, 5.41) is 0. The van der Waals surface area contributed by atoms with E-state index in [4.69, 9.17) is 4.42 Å². The van der Waals surface area contributed by atoms with Crippen LogP contribution in [0.2, 0.25) is 0 Å². The summed E-state index contributed by atoms with van der Waals surface area (Å²) in [4.78, 5) is 27.6. The Labute approximate surface area is 151 Å². The standard InChI is InChI=1S/C20H21NO3S/c1-13(2)11-21-19(22)17(15-8-6-14(3)7-9-15)18(20(21)23)25-12-16-5-4-10-24-16/h4-10,13H,11-12H2,1-3H3. The van der Waals surface area contributed by atoms with Gasteiger partial charge in [-0.25, -0.2) is 0 Å². The molecule has 0 fully saturated rings. The smallest absolute Gasteiger partial charge is 0.268 e. The Balaban J connectivity index is 1.96. The van der Waals surface area contributed by atoms with Gasteiger partial charge in [0, 0.05) is 6.54 Å². The molecule has 1 aromatic heterocycles. The fraction of sp³-hybridized carbons (Fsp3) is 0.300. The number of benzene rings is 1. The molecule has 0 N–H and O–H groups in total. The summed E-state index contributed by atoms with van der Waals surface area (Å²) in [6, 6.07) is 11.4. The first-order valence-electron chi connectivity index (χ1n) is 8.30. The Morgan fingerprint density at radius 3 is 2.40 bits per heavy atom. The van der Waals surface area contributed by atoms with Crippen LogP contribution in [0.1, 0.15) is 30.7 Å². The first-order valence-corrected chi connectivity index (χ1v) is 9.28. The van der Waals surface area contributed by atoms with Crippen molar-refractivity contribution in [3.63, 3.8) is 0 Å². The van der Waals surface area contributed by atoms with Crippen LogP contribution in [0.3, 0.4) is 0 Å². The summed E-state index contributed by atoms with van der Waals surface area (Å²) in [5.74, 6) is 1.12. The molecule has 0 unspecified atom stereocenters. The fourth-order valence-corrected chi connectivity index (χ4v) is 3.77. The second-order valence-corrected chi connectivity index (χ2v) is 7.54. The molecule has 1 aliphatic rings. The van der Waals surface area contributed by atoms with Crippen LogP contribution in [0.4, 0.5) is 0 Å². The molecule has 5 heteroatoms. The van der Waals surface area contributed by atoms with E-state index in [1.165, 1.54) is 16.7 Å². The number of hydrogen-bond donors (Lipinski definition) is 0. The normalized spacial score (nSPS) is 15.0. The van der Waals surface area contributed by atoms with E-state index >= 15 is 0 Å². The summed E-state index contributed by atoms with van der Waals surface area (Å²) >= 11 is 1.37. The molecule has 0 saturated heterocycles. The number of carbonyl (C=O) groups is 2. The lowest BCUT2D eigenvalue weighted by Crippen LogP contribution is -2.34. The van der Waals surface area contributed by atoms with Crippen molar-refractivity contribution in [2.45, 2.75) is 26.5 Å². The first kappa shape index (κ1) is 17.5. The lowest BCUT2D eigenvalue weighted by Gasteiger charge is -2.17. The zero-order chi connectivity index (χ0) is 18.0. The number of furan rings is 1. The van der Waals surface area contributed by atoms with Crippen LogP contribution in [0, 0.1) is 12.8 Å². The highest BCUT2D eigenvalue weighted by molar-refractivity contribution is 8.03. The highest BCUT2D eigenvalue weighted by atomic mass is 32.2. The Morgan fingerprint density at radius 1 is 1.08 bits per heavy atom. The zero-order valence-electron chi connectivity index (χ0n) is 14.6. The van der Waals surface area contributed by atoms with Gasteiger partial charge in [-0.15, -0.1) is 11.8 Å². The molecule has 1 aromatic carbocycles. The number of hydrogen-bond acceptors (Lipinski definition) is 4. The van der Waals surface area contributed by atoms with E-state index in [2.05, 4.69) is 0 Å². The summed E-state index contributed by atoms with van der Waals surface area (Å²) in [6.45, 7) is 6.43. The number of aryl methyl sites for hydroxylation is 1. The van der Waals surface area contributed by atoms with E-state index in [1.807, 2.05) is 57.2 Å². The van der Waals surface area contributed by atoms with Gasteiger partial charge in [0.05, 0.1) is 22.5 Å². The van der Waals surface area contributed by atoms with Gasteiger partial charge in [-0.05, 0) is 30.5 Å². The molecule has 2 amide bonds. The van der Waals surface area contributed by atoms with Gasteiger partial charge in [0.25, 0.3) is 11.8 Å². The van der Waals surface area contributed by atoms with Crippen LogP contribution in [-0.4, -0.2) is 23.3 Å². The number of imide groups is 1. The molecule has 1 aliphatic heterocycles. The van der Waals surface area contributed by atoms with Gasteiger partial charge in [-0.1, -0.05) is 43.7 Å². The third kappa shape index (κ3) is 3.71. The number of nitrogens with zero attached hydrogens (tertiary/aromatic N) is 1. The maximum absolute atomic E-state index is 12.9. The SMILES string of the molecule is Cc1ccc(C2=C(SCc3ccco3)C(=O)N(CC(C)C)C2=O)cc1. The second-order valence-electron chi connectivity index (χ2n) is 6.55. The van der Waals surface area contributed by atoms with Gasteiger partial charge in [0.15, 0.2) is 0 Å². The molecule has 3 rings (SSSR count). The number of carbonyl (C=O) groups excluding carboxylic acids is 2. The quantitative estimate of drug-likeness (QED) is 0.727. The average Bonchev–Trinajstić information content (AvgIpc) is 3.16. The van der Waals surface area contributed by atoms with Crippen molar-refractivity contribution in [3.05, 3.63) is 64.5 Å². The molecular formula is C20H21NO3S. The van der Waals surface area contributed by atoms with Crippen LogP contribution in [0.15, 0.2) is 52.0 Å². The summed E-state index contributed by atoms with van der Waals surface area (Å²) in [6.07, 6.45) is 1.61. The molecule has 0 bridgehead atoms. The lowest BCUT2D eigenvalue weighted by atomic mass is 10.0. The zero-order valence-corrected chi connectivity index (χ0v) is 15.4. The number of thioether (sulfide) groups is 1. The molecule has 0 spiro atoms. The predicted molar refractivity (Wildman–Crippen MR) is 99.7 cm³/mol. The highest BCUT2D eigenvalue weighted by Crippen LogP contribution is 2.37. The Morgan fingerprint density at radius 2 is 1.80 bits per heavy atom. The summed E-state index contributed by atoms with van der Waals surface area (Å²) < 4.78 is 5.35. The maximum Gasteiger partial charge on any atom is 0.268 e. The topological polar surface area (TPSA) is 50.5 Å². The van der Waals surface area contributed by atoms with E-state index in [9.17, 15) is 9.59 Å².